The third-order valence-electron chi connectivity index (χ3n) is 5.70. The molecular formula is C25H28F3N5O3. The summed E-state index contributed by atoms with van der Waals surface area (Å²) in [7, 11) is 0. The smallest absolute Gasteiger partial charge is 0.442 e. The summed E-state index contributed by atoms with van der Waals surface area (Å²) in [6.07, 6.45) is -2.41. The molecule has 1 aromatic heterocycles. The SMILES string of the molecule is CC(C)(C)OC(=O)n1ncc2cc(N(c3ccccc3NC(=O)C(F)(F)F)C3CCCNC3)ccc21. The second kappa shape index (κ2) is 9.81. The summed E-state index contributed by atoms with van der Waals surface area (Å²) >= 11 is 0. The number of carbonyl (C=O) groups is 2. The number of ether oxygens (including phenoxy) is 1. The van der Waals surface area contributed by atoms with E-state index in [9.17, 15) is 22.8 Å². The summed E-state index contributed by atoms with van der Waals surface area (Å²) < 4.78 is 45.6. The van der Waals surface area contributed by atoms with E-state index in [0.717, 1.165) is 19.4 Å². The quantitative estimate of drug-likeness (QED) is 0.508. The van der Waals surface area contributed by atoms with E-state index < -0.39 is 23.8 Å². The van der Waals surface area contributed by atoms with Crippen molar-refractivity contribution in [2.45, 2.75) is 51.4 Å². The van der Waals surface area contributed by atoms with Crippen LogP contribution in [0.5, 0.6) is 0 Å². The number of fused-ring (bicyclic) bond motifs is 1. The largest absolute Gasteiger partial charge is 0.471 e. The molecule has 1 unspecified atom stereocenters. The molecule has 0 bridgehead atoms. The van der Waals surface area contributed by atoms with Gasteiger partial charge < -0.3 is 20.3 Å². The number of halogens is 3. The Bertz CT molecular complexity index is 1260. The van der Waals surface area contributed by atoms with Gasteiger partial charge >= 0.3 is 18.2 Å². The number of nitrogens with zero attached hydrogens (tertiary/aromatic N) is 3. The minimum absolute atomic E-state index is 0.0509. The van der Waals surface area contributed by atoms with Crippen molar-refractivity contribution in [3.05, 3.63) is 48.7 Å². The molecule has 0 spiro atoms. The second-order valence-corrected chi connectivity index (χ2v) is 9.62. The molecule has 1 fully saturated rings. The molecule has 36 heavy (non-hydrogen) atoms. The fourth-order valence-corrected chi connectivity index (χ4v) is 4.20. The van der Waals surface area contributed by atoms with Crippen LogP contribution in [-0.4, -0.2) is 52.7 Å². The molecular weight excluding hydrogens is 475 g/mol. The van der Waals surface area contributed by atoms with E-state index in [0.29, 0.717) is 28.8 Å². The molecule has 1 aliphatic heterocycles. The summed E-state index contributed by atoms with van der Waals surface area (Å²) in [5.41, 5.74) is 1.02. The monoisotopic (exact) mass is 503 g/mol. The zero-order valence-corrected chi connectivity index (χ0v) is 20.2. The van der Waals surface area contributed by atoms with Gasteiger partial charge in [0.2, 0.25) is 0 Å². The number of benzene rings is 2. The van der Waals surface area contributed by atoms with Gasteiger partial charge in [0, 0.05) is 23.7 Å². The van der Waals surface area contributed by atoms with Crippen molar-refractivity contribution in [3.63, 3.8) is 0 Å². The Morgan fingerprint density at radius 2 is 1.92 bits per heavy atom. The van der Waals surface area contributed by atoms with Crippen molar-refractivity contribution < 1.29 is 27.5 Å². The first-order valence-corrected chi connectivity index (χ1v) is 11.6. The molecule has 192 valence electrons. The van der Waals surface area contributed by atoms with Gasteiger partial charge in [-0.1, -0.05) is 12.1 Å². The van der Waals surface area contributed by atoms with E-state index in [-0.39, 0.29) is 11.7 Å². The Morgan fingerprint density at radius 3 is 2.58 bits per heavy atom. The second-order valence-electron chi connectivity index (χ2n) is 9.62. The fraction of sp³-hybridized carbons (Fsp3) is 0.400. The number of piperidine rings is 1. The number of amides is 1. The van der Waals surface area contributed by atoms with Gasteiger partial charge in [-0.3, -0.25) is 4.79 Å². The van der Waals surface area contributed by atoms with E-state index in [2.05, 4.69) is 10.4 Å². The molecule has 2 heterocycles. The van der Waals surface area contributed by atoms with E-state index in [1.54, 1.807) is 51.1 Å². The van der Waals surface area contributed by atoms with Crippen molar-refractivity contribution in [1.82, 2.24) is 15.1 Å². The van der Waals surface area contributed by atoms with E-state index >= 15 is 0 Å². The van der Waals surface area contributed by atoms with Gasteiger partial charge in [0.1, 0.15) is 5.60 Å². The van der Waals surface area contributed by atoms with Gasteiger partial charge in [0.25, 0.3) is 0 Å². The molecule has 0 radical (unpaired) electrons. The molecule has 2 N–H and O–H groups in total. The molecule has 8 nitrogen and oxygen atoms in total. The van der Waals surface area contributed by atoms with Gasteiger partial charge in [-0.25, -0.2) is 4.79 Å². The molecule has 1 amide bonds. The predicted molar refractivity (Wildman–Crippen MR) is 131 cm³/mol. The van der Waals surface area contributed by atoms with Crippen molar-refractivity contribution >= 4 is 40.0 Å². The van der Waals surface area contributed by atoms with Crippen LogP contribution in [-0.2, 0) is 9.53 Å². The Hall–Kier alpha value is -3.60. The minimum Gasteiger partial charge on any atom is -0.442 e. The Morgan fingerprint density at radius 1 is 1.17 bits per heavy atom. The number of hydrogen-bond donors (Lipinski definition) is 2. The molecule has 1 aliphatic rings. The summed E-state index contributed by atoms with van der Waals surface area (Å²) in [5.74, 6) is -2.04. The molecule has 2 aromatic carbocycles. The maximum absolute atomic E-state index is 13.0. The highest BCUT2D eigenvalue weighted by molar-refractivity contribution is 5.99. The number of nitrogens with one attached hydrogen (secondary N) is 2. The Labute approximate surface area is 206 Å². The van der Waals surface area contributed by atoms with Gasteiger partial charge in [-0.05, 0) is 70.5 Å². The predicted octanol–water partition coefficient (Wildman–Crippen LogP) is 5.21. The van der Waals surface area contributed by atoms with Crippen LogP contribution < -0.4 is 15.5 Å². The number of alkyl halides is 3. The fourth-order valence-electron chi connectivity index (χ4n) is 4.20. The maximum Gasteiger partial charge on any atom is 0.471 e. The number of anilines is 3. The average molecular weight is 504 g/mol. The summed E-state index contributed by atoms with van der Waals surface area (Å²) in [5, 5.41) is 10.2. The van der Waals surface area contributed by atoms with Crippen molar-refractivity contribution in [2.24, 2.45) is 0 Å². The Balaban J connectivity index is 1.75. The molecule has 1 saturated heterocycles. The standard InChI is InChI=1S/C25H28F3N5O3/c1-24(2,3)36-23(35)33-20-11-10-17(13-16(20)14-30-33)32(18-7-6-12-29-15-18)21-9-5-4-8-19(21)31-22(34)25(26,27)28/h4-5,8-11,13-14,18,29H,6-7,12,15H2,1-3H3,(H,31,34). The van der Waals surface area contributed by atoms with Crippen LogP contribution in [0, 0.1) is 0 Å². The highest BCUT2D eigenvalue weighted by Gasteiger charge is 2.39. The van der Waals surface area contributed by atoms with Crippen molar-refractivity contribution in [3.8, 4) is 0 Å². The van der Waals surface area contributed by atoms with Gasteiger partial charge in [0.05, 0.1) is 23.1 Å². The molecule has 4 rings (SSSR count). The van der Waals surface area contributed by atoms with Gasteiger partial charge in [-0.2, -0.15) is 23.0 Å². The lowest BCUT2D eigenvalue weighted by molar-refractivity contribution is -0.167. The number of carbonyl (C=O) groups excluding carboxylic acids is 2. The Kier molecular flexibility index (Phi) is 6.94. The number of rotatable bonds is 4. The van der Waals surface area contributed by atoms with Crippen LogP contribution in [0.2, 0.25) is 0 Å². The first-order valence-electron chi connectivity index (χ1n) is 11.6. The molecule has 3 aromatic rings. The zero-order valence-electron chi connectivity index (χ0n) is 20.2. The van der Waals surface area contributed by atoms with Crippen molar-refractivity contribution in [2.75, 3.05) is 23.3 Å². The molecule has 0 saturated carbocycles. The normalized spacial score (nSPS) is 16.6. The zero-order chi connectivity index (χ0) is 26.1. The van der Waals surface area contributed by atoms with E-state index in [4.69, 9.17) is 4.74 Å². The van der Waals surface area contributed by atoms with Crippen molar-refractivity contribution in [1.29, 1.82) is 0 Å². The lowest BCUT2D eigenvalue weighted by Gasteiger charge is -2.37. The van der Waals surface area contributed by atoms with Crippen LogP contribution in [0.4, 0.5) is 35.0 Å². The van der Waals surface area contributed by atoms with Gasteiger partial charge in [-0.15, -0.1) is 0 Å². The van der Waals surface area contributed by atoms with E-state index in [1.807, 2.05) is 16.3 Å². The lowest BCUT2D eigenvalue weighted by Crippen LogP contribution is -2.44. The highest BCUT2D eigenvalue weighted by Crippen LogP contribution is 2.37. The van der Waals surface area contributed by atoms with Crippen LogP contribution in [0.15, 0.2) is 48.7 Å². The first-order chi connectivity index (χ1) is 16.9. The average Bonchev–Trinajstić information content (AvgIpc) is 3.23. The maximum atomic E-state index is 13.0. The van der Waals surface area contributed by atoms with Crippen LogP contribution >= 0.6 is 0 Å². The number of hydrogen-bond acceptors (Lipinski definition) is 6. The van der Waals surface area contributed by atoms with Crippen LogP contribution in [0.3, 0.4) is 0 Å². The van der Waals surface area contributed by atoms with Crippen LogP contribution in [0.1, 0.15) is 33.6 Å². The topological polar surface area (TPSA) is 88.5 Å². The van der Waals surface area contributed by atoms with Crippen LogP contribution in [0.25, 0.3) is 10.9 Å². The third-order valence-corrected chi connectivity index (χ3v) is 5.70. The molecule has 11 heteroatoms. The lowest BCUT2D eigenvalue weighted by atomic mass is 10.0. The number of aromatic nitrogens is 2. The van der Waals surface area contributed by atoms with E-state index in [1.165, 1.54) is 16.9 Å². The summed E-state index contributed by atoms with van der Waals surface area (Å²) in [4.78, 5) is 26.2. The minimum atomic E-state index is -5.01. The molecule has 0 aliphatic carbocycles. The highest BCUT2D eigenvalue weighted by atomic mass is 19.4. The first kappa shape index (κ1) is 25.5. The molecule has 1 atom stereocenters. The van der Waals surface area contributed by atoms with Gasteiger partial charge in [0.15, 0.2) is 0 Å². The summed E-state index contributed by atoms with van der Waals surface area (Å²) in [6, 6.07) is 11.6. The number of para-hydroxylation sites is 2. The summed E-state index contributed by atoms with van der Waals surface area (Å²) in [6.45, 7) is 6.74. The third kappa shape index (κ3) is 5.62.